The number of thiazole rings is 1. The van der Waals surface area contributed by atoms with E-state index in [2.05, 4.69) is 10.3 Å². The molecule has 1 atom stereocenters. The maximum Gasteiger partial charge on any atom is 0.237 e. The highest BCUT2D eigenvalue weighted by molar-refractivity contribution is 8.00. The molecule has 3 nitrogen and oxygen atoms in total. The number of carbonyl (C=O) groups excluding carboxylic acids is 1. The Hall–Kier alpha value is -1.07. The van der Waals surface area contributed by atoms with Crippen molar-refractivity contribution in [2.75, 3.05) is 6.54 Å². The first-order chi connectivity index (χ1) is 9.17. The monoisotopic (exact) mass is 296 g/mol. The highest BCUT2D eigenvalue weighted by atomic mass is 32.2. The topological polar surface area (TPSA) is 42.0 Å². The molecule has 1 aromatic heterocycles. The molecule has 0 aliphatic rings. The van der Waals surface area contributed by atoms with Gasteiger partial charge in [0.1, 0.15) is 5.25 Å². The molecule has 19 heavy (non-hydrogen) atoms. The average Bonchev–Trinajstić information content (AvgIpc) is 2.79. The largest absolute Gasteiger partial charge is 0.355 e. The van der Waals surface area contributed by atoms with Crippen molar-refractivity contribution in [3.8, 4) is 0 Å². The van der Waals surface area contributed by atoms with Gasteiger partial charge in [0.15, 0.2) is 0 Å². The normalized spacial score (nSPS) is 13.2. The van der Waals surface area contributed by atoms with Crippen LogP contribution in [0.2, 0.25) is 0 Å². The minimum atomic E-state index is -0.168. The molecular weight excluding hydrogens is 276 g/mol. The zero-order valence-electron chi connectivity index (χ0n) is 11.6. The number of aromatic nitrogens is 1. The fourth-order valence-electron chi connectivity index (χ4n) is 1.42. The molecule has 0 aliphatic carbocycles. The van der Waals surface area contributed by atoms with E-state index >= 15 is 0 Å². The minimum Gasteiger partial charge on any atom is -0.355 e. The number of nitrogens with zero attached hydrogens (tertiary/aromatic N) is 1. The number of carbonyl (C=O) groups is 1. The van der Waals surface area contributed by atoms with Gasteiger partial charge in [0.2, 0.25) is 5.91 Å². The first-order valence-electron chi connectivity index (χ1n) is 6.27. The number of amides is 1. The van der Waals surface area contributed by atoms with Gasteiger partial charge in [-0.2, -0.15) is 0 Å². The van der Waals surface area contributed by atoms with Crippen molar-refractivity contribution in [1.29, 1.82) is 0 Å². The van der Waals surface area contributed by atoms with Gasteiger partial charge in [-0.25, -0.2) is 4.98 Å². The summed E-state index contributed by atoms with van der Waals surface area (Å²) in [4.78, 5) is 16.4. The summed E-state index contributed by atoms with van der Waals surface area (Å²) in [6.45, 7) is 6.53. The van der Waals surface area contributed by atoms with Crippen LogP contribution in [0, 0.1) is 6.92 Å². The molecule has 0 saturated heterocycles. The average molecular weight is 296 g/mol. The second kappa shape index (κ2) is 8.93. The highest BCUT2D eigenvalue weighted by Crippen LogP contribution is 2.20. The number of hydrogen-bond donors (Lipinski definition) is 1. The van der Waals surface area contributed by atoms with Gasteiger partial charge in [-0.3, -0.25) is 4.79 Å². The number of nitrogens with one attached hydrogen (secondary N) is 1. The highest BCUT2D eigenvalue weighted by Gasteiger charge is 2.15. The molecule has 0 spiro atoms. The molecule has 0 radical (unpaired) electrons. The van der Waals surface area contributed by atoms with Gasteiger partial charge in [-0.05, 0) is 20.8 Å². The SMILES string of the molecule is C/C=C\C=C/C(SCc1csc(C)n1)C(=O)NCC. The molecule has 1 unspecified atom stereocenters. The smallest absolute Gasteiger partial charge is 0.237 e. The van der Waals surface area contributed by atoms with E-state index in [1.165, 1.54) is 0 Å². The van der Waals surface area contributed by atoms with E-state index in [4.69, 9.17) is 0 Å². The van der Waals surface area contributed by atoms with Gasteiger partial charge in [-0.1, -0.05) is 24.3 Å². The molecule has 1 rings (SSSR count). The third kappa shape index (κ3) is 6.07. The first-order valence-corrected chi connectivity index (χ1v) is 8.20. The van der Waals surface area contributed by atoms with Crippen molar-refractivity contribution < 1.29 is 4.79 Å². The van der Waals surface area contributed by atoms with E-state index in [0.29, 0.717) is 6.54 Å². The summed E-state index contributed by atoms with van der Waals surface area (Å²) < 4.78 is 0. The van der Waals surface area contributed by atoms with Crippen LogP contribution < -0.4 is 5.32 Å². The summed E-state index contributed by atoms with van der Waals surface area (Å²) in [5.41, 5.74) is 1.04. The van der Waals surface area contributed by atoms with Crippen LogP contribution in [-0.4, -0.2) is 22.7 Å². The number of rotatable bonds is 7. The molecule has 1 aromatic rings. The Morgan fingerprint density at radius 3 is 2.95 bits per heavy atom. The Kier molecular flexibility index (Phi) is 7.52. The second-order valence-electron chi connectivity index (χ2n) is 3.89. The van der Waals surface area contributed by atoms with Crippen LogP contribution in [-0.2, 0) is 10.5 Å². The molecule has 0 fully saturated rings. The second-order valence-corrected chi connectivity index (χ2v) is 6.09. The maximum absolute atomic E-state index is 11.9. The van der Waals surface area contributed by atoms with E-state index in [1.807, 2.05) is 50.5 Å². The van der Waals surface area contributed by atoms with Crippen LogP contribution in [0.4, 0.5) is 0 Å². The van der Waals surface area contributed by atoms with Crippen molar-refractivity contribution in [3.63, 3.8) is 0 Å². The third-order valence-electron chi connectivity index (χ3n) is 2.28. The lowest BCUT2D eigenvalue weighted by Gasteiger charge is -2.11. The molecule has 1 N–H and O–H groups in total. The van der Waals surface area contributed by atoms with Crippen LogP contribution >= 0.6 is 23.1 Å². The summed E-state index contributed by atoms with van der Waals surface area (Å²) in [6.07, 6.45) is 7.72. The lowest BCUT2D eigenvalue weighted by molar-refractivity contribution is -0.119. The van der Waals surface area contributed by atoms with Crippen molar-refractivity contribution >= 4 is 29.0 Å². The van der Waals surface area contributed by atoms with Crippen molar-refractivity contribution in [1.82, 2.24) is 10.3 Å². The van der Waals surface area contributed by atoms with Crippen molar-refractivity contribution in [2.24, 2.45) is 0 Å². The fraction of sp³-hybridized carbons (Fsp3) is 0.429. The Bertz CT molecular complexity index is 452. The van der Waals surface area contributed by atoms with E-state index < -0.39 is 0 Å². The Balaban J connectivity index is 2.60. The summed E-state index contributed by atoms with van der Waals surface area (Å²) >= 11 is 3.24. The van der Waals surface area contributed by atoms with E-state index in [-0.39, 0.29) is 11.2 Å². The first kappa shape index (κ1) is 16.0. The predicted octanol–water partition coefficient (Wildman–Crippen LogP) is 3.32. The van der Waals surface area contributed by atoms with Gasteiger partial charge < -0.3 is 5.32 Å². The van der Waals surface area contributed by atoms with Crippen LogP contribution in [0.25, 0.3) is 0 Å². The van der Waals surface area contributed by atoms with Crippen LogP contribution in [0.3, 0.4) is 0 Å². The van der Waals surface area contributed by atoms with E-state index in [0.717, 1.165) is 16.5 Å². The van der Waals surface area contributed by atoms with E-state index in [9.17, 15) is 4.79 Å². The lowest BCUT2D eigenvalue weighted by atomic mass is 10.3. The van der Waals surface area contributed by atoms with Gasteiger partial charge >= 0.3 is 0 Å². The molecule has 1 heterocycles. The number of allylic oxidation sites excluding steroid dienone is 3. The van der Waals surface area contributed by atoms with Gasteiger partial charge in [0.05, 0.1) is 10.7 Å². The van der Waals surface area contributed by atoms with Crippen LogP contribution in [0.5, 0.6) is 0 Å². The van der Waals surface area contributed by atoms with Crippen molar-refractivity contribution in [2.45, 2.75) is 31.8 Å². The van der Waals surface area contributed by atoms with Gasteiger partial charge in [-0.15, -0.1) is 23.1 Å². The molecular formula is C14H20N2OS2. The zero-order chi connectivity index (χ0) is 14.1. The molecule has 0 saturated carbocycles. The fourth-order valence-corrected chi connectivity index (χ4v) is 3.07. The maximum atomic E-state index is 11.9. The van der Waals surface area contributed by atoms with Gasteiger partial charge in [0, 0.05) is 17.7 Å². The molecule has 104 valence electrons. The van der Waals surface area contributed by atoms with Crippen LogP contribution in [0.15, 0.2) is 29.7 Å². The van der Waals surface area contributed by atoms with Crippen molar-refractivity contribution in [3.05, 3.63) is 40.4 Å². The molecule has 0 aromatic carbocycles. The molecule has 0 aliphatic heterocycles. The molecule has 1 amide bonds. The summed E-state index contributed by atoms with van der Waals surface area (Å²) in [5.74, 6) is 0.812. The lowest BCUT2D eigenvalue weighted by Crippen LogP contribution is -2.31. The number of thioether (sulfide) groups is 1. The summed E-state index contributed by atoms with van der Waals surface area (Å²) in [6, 6.07) is 0. The third-order valence-corrected chi connectivity index (χ3v) is 4.29. The zero-order valence-corrected chi connectivity index (χ0v) is 13.2. The van der Waals surface area contributed by atoms with Crippen LogP contribution in [0.1, 0.15) is 24.5 Å². The summed E-state index contributed by atoms with van der Waals surface area (Å²) in [7, 11) is 0. The Morgan fingerprint density at radius 1 is 1.58 bits per heavy atom. The minimum absolute atomic E-state index is 0.0557. The number of hydrogen-bond acceptors (Lipinski definition) is 4. The predicted molar refractivity (Wildman–Crippen MR) is 84.6 cm³/mol. The Labute approximate surface area is 123 Å². The molecule has 5 heteroatoms. The van der Waals surface area contributed by atoms with E-state index in [1.54, 1.807) is 23.1 Å². The summed E-state index contributed by atoms with van der Waals surface area (Å²) in [5, 5.41) is 5.81. The quantitative estimate of drug-likeness (QED) is 0.785. The molecule has 0 bridgehead atoms. The standard InChI is InChI=1S/C14H20N2OS2/c1-4-6-7-8-13(14(17)15-5-2)19-10-12-9-18-11(3)16-12/h4,6-9,13H,5,10H2,1-3H3,(H,15,17)/b6-4-,8-7-. The van der Waals surface area contributed by atoms with Gasteiger partial charge in [0.25, 0.3) is 0 Å². The number of aryl methyl sites for hydroxylation is 1. The Morgan fingerprint density at radius 2 is 2.37 bits per heavy atom.